The molecule has 0 saturated heterocycles. The van der Waals surface area contributed by atoms with Crippen LogP contribution >= 0.6 is 0 Å². The number of anilines is 2. The number of halogens is 2. The van der Waals surface area contributed by atoms with Crippen LogP contribution in [0.25, 0.3) is 11.3 Å². The van der Waals surface area contributed by atoms with Gasteiger partial charge in [-0.25, -0.2) is 18.5 Å². The molecule has 0 fully saturated rings. The van der Waals surface area contributed by atoms with Gasteiger partial charge in [0.15, 0.2) is 5.82 Å². The minimum atomic E-state index is -0.878. The van der Waals surface area contributed by atoms with Crippen LogP contribution in [0.15, 0.2) is 48.5 Å². The van der Waals surface area contributed by atoms with Gasteiger partial charge in [-0.15, -0.1) is 0 Å². The van der Waals surface area contributed by atoms with Gasteiger partial charge in [-0.2, -0.15) is 9.97 Å². The number of hydrogen-bond donors (Lipinski definition) is 1. The van der Waals surface area contributed by atoms with Crippen LogP contribution in [0.2, 0.25) is 0 Å². The average molecular weight is 368 g/mol. The summed E-state index contributed by atoms with van der Waals surface area (Å²) >= 11 is 0. The van der Waals surface area contributed by atoms with Crippen LogP contribution in [-0.2, 0) is 6.54 Å². The quantitative estimate of drug-likeness (QED) is 0.764. The lowest BCUT2D eigenvalue weighted by molar-refractivity contribution is 0.246. The first-order valence-corrected chi connectivity index (χ1v) is 8.12. The molecule has 0 bridgehead atoms. The number of urea groups is 1. The van der Waals surface area contributed by atoms with Gasteiger partial charge in [-0.1, -0.05) is 36.4 Å². The van der Waals surface area contributed by atoms with Crippen molar-refractivity contribution in [3.63, 3.8) is 0 Å². The summed E-state index contributed by atoms with van der Waals surface area (Å²) in [6, 6.07) is 11.9. The van der Waals surface area contributed by atoms with Crippen LogP contribution in [0.5, 0.6) is 6.01 Å². The molecule has 0 spiro atoms. The Balaban J connectivity index is 1.99. The van der Waals surface area contributed by atoms with E-state index in [1.54, 1.807) is 0 Å². The molecule has 3 aromatic rings. The van der Waals surface area contributed by atoms with Crippen molar-refractivity contribution < 1.29 is 18.3 Å². The minimum Gasteiger partial charge on any atom is -0.467 e. The van der Waals surface area contributed by atoms with Crippen molar-refractivity contribution in [2.75, 3.05) is 12.0 Å². The van der Waals surface area contributed by atoms with Gasteiger partial charge in [0.2, 0.25) is 0 Å². The van der Waals surface area contributed by atoms with Crippen molar-refractivity contribution in [1.29, 1.82) is 0 Å². The molecule has 0 saturated carbocycles. The number of nitrogens with zero attached hydrogens (tertiary/aromatic N) is 3. The molecule has 4 rings (SSSR count). The Morgan fingerprint density at radius 2 is 1.74 bits per heavy atom. The topological polar surface area (TPSA) is 67.4 Å². The molecule has 136 valence electrons. The van der Waals surface area contributed by atoms with E-state index >= 15 is 0 Å². The molecule has 27 heavy (non-hydrogen) atoms. The van der Waals surface area contributed by atoms with Crippen molar-refractivity contribution in [2.24, 2.45) is 0 Å². The highest BCUT2D eigenvalue weighted by molar-refractivity contribution is 6.02. The van der Waals surface area contributed by atoms with Crippen molar-refractivity contribution in [2.45, 2.75) is 6.54 Å². The summed E-state index contributed by atoms with van der Waals surface area (Å²) in [6.45, 7) is 0.120. The summed E-state index contributed by atoms with van der Waals surface area (Å²) in [6.07, 6.45) is 0. The number of amides is 2. The van der Waals surface area contributed by atoms with Gasteiger partial charge in [0.25, 0.3) is 0 Å². The number of carbonyl (C=O) groups excluding carboxylic acids is 1. The van der Waals surface area contributed by atoms with Crippen molar-refractivity contribution in [3.8, 4) is 17.3 Å². The Hall–Kier alpha value is -3.55. The van der Waals surface area contributed by atoms with Gasteiger partial charge in [0.05, 0.1) is 19.3 Å². The lowest BCUT2D eigenvalue weighted by Gasteiger charge is -2.30. The normalized spacial score (nSPS) is 13.1. The SMILES string of the molecule is COc1nc(-c2ccccc2)c2c(n1)N(c1c(F)cccc1F)C(=O)NC2. The summed E-state index contributed by atoms with van der Waals surface area (Å²) in [5.74, 6) is -1.68. The number of ether oxygens (including phenoxy) is 1. The first kappa shape index (κ1) is 16.9. The first-order chi connectivity index (χ1) is 13.1. The second-order valence-electron chi connectivity index (χ2n) is 5.79. The summed E-state index contributed by atoms with van der Waals surface area (Å²) in [5, 5.41) is 2.62. The molecule has 6 nitrogen and oxygen atoms in total. The number of carbonyl (C=O) groups is 1. The molecule has 0 unspecified atom stereocenters. The maximum Gasteiger partial charge on any atom is 0.328 e. The maximum absolute atomic E-state index is 14.4. The zero-order chi connectivity index (χ0) is 19.0. The molecule has 2 heterocycles. The van der Waals surface area contributed by atoms with E-state index in [0.29, 0.717) is 11.3 Å². The minimum absolute atomic E-state index is 0.0101. The lowest BCUT2D eigenvalue weighted by atomic mass is 10.0. The van der Waals surface area contributed by atoms with E-state index < -0.39 is 23.4 Å². The summed E-state index contributed by atoms with van der Waals surface area (Å²) in [4.78, 5) is 21.9. The highest BCUT2D eigenvalue weighted by Crippen LogP contribution is 2.38. The van der Waals surface area contributed by atoms with Crippen LogP contribution in [0.3, 0.4) is 0 Å². The summed E-state index contributed by atoms with van der Waals surface area (Å²) in [5.41, 5.74) is 1.30. The highest BCUT2D eigenvalue weighted by atomic mass is 19.1. The molecule has 1 aromatic heterocycles. The molecule has 0 radical (unpaired) electrons. The fourth-order valence-corrected chi connectivity index (χ4v) is 2.98. The third-order valence-electron chi connectivity index (χ3n) is 4.19. The van der Waals surface area contributed by atoms with Crippen molar-refractivity contribution in [1.82, 2.24) is 15.3 Å². The Labute approximate surface area is 153 Å². The third kappa shape index (κ3) is 2.84. The van der Waals surface area contributed by atoms with E-state index in [-0.39, 0.29) is 18.4 Å². The molecule has 2 aromatic carbocycles. The number of benzene rings is 2. The van der Waals surface area contributed by atoms with Gasteiger partial charge in [-0.3, -0.25) is 0 Å². The molecular weight excluding hydrogens is 354 g/mol. The van der Waals surface area contributed by atoms with E-state index in [9.17, 15) is 13.6 Å². The Morgan fingerprint density at radius 1 is 1.04 bits per heavy atom. The molecule has 1 aliphatic heterocycles. The Kier molecular flexibility index (Phi) is 4.15. The second-order valence-corrected chi connectivity index (χ2v) is 5.79. The number of rotatable bonds is 3. The molecule has 8 heteroatoms. The molecule has 1 N–H and O–H groups in total. The monoisotopic (exact) mass is 368 g/mol. The fourth-order valence-electron chi connectivity index (χ4n) is 2.98. The lowest BCUT2D eigenvalue weighted by Crippen LogP contribution is -2.43. The summed E-state index contributed by atoms with van der Waals surface area (Å²) < 4.78 is 33.9. The van der Waals surface area contributed by atoms with E-state index in [1.165, 1.54) is 13.2 Å². The van der Waals surface area contributed by atoms with Gasteiger partial charge < -0.3 is 10.1 Å². The highest BCUT2D eigenvalue weighted by Gasteiger charge is 2.34. The number of methoxy groups -OCH3 is 1. The number of para-hydroxylation sites is 1. The fraction of sp³-hybridized carbons (Fsp3) is 0.105. The standard InChI is InChI=1S/C19H14F2N4O2/c1-27-18-23-15(11-6-3-2-4-7-11)12-10-22-19(26)25(17(12)24-18)16-13(20)8-5-9-14(16)21/h2-9H,10H2,1H3,(H,22,26). The number of nitrogens with one attached hydrogen (secondary N) is 1. The van der Waals surface area contributed by atoms with E-state index in [2.05, 4.69) is 15.3 Å². The smallest absolute Gasteiger partial charge is 0.328 e. The first-order valence-electron chi connectivity index (χ1n) is 8.12. The molecule has 0 atom stereocenters. The van der Waals surface area contributed by atoms with Gasteiger partial charge in [-0.05, 0) is 12.1 Å². The van der Waals surface area contributed by atoms with Gasteiger partial charge in [0.1, 0.15) is 17.3 Å². The zero-order valence-electron chi connectivity index (χ0n) is 14.2. The Morgan fingerprint density at radius 3 is 2.41 bits per heavy atom. The zero-order valence-corrected chi connectivity index (χ0v) is 14.2. The molecule has 0 aliphatic carbocycles. The van der Waals surface area contributed by atoms with E-state index in [0.717, 1.165) is 22.6 Å². The number of hydrogen-bond acceptors (Lipinski definition) is 4. The second kappa shape index (κ2) is 6.64. The van der Waals surface area contributed by atoms with Crippen molar-refractivity contribution >= 4 is 17.5 Å². The number of fused-ring (bicyclic) bond motifs is 1. The average Bonchev–Trinajstić information content (AvgIpc) is 2.69. The van der Waals surface area contributed by atoms with Crippen LogP contribution in [0, 0.1) is 11.6 Å². The maximum atomic E-state index is 14.4. The van der Waals surface area contributed by atoms with Crippen LogP contribution in [-0.4, -0.2) is 23.1 Å². The molecule has 2 amide bonds. The van der Waals surface area contributed by atoms with Crippen molar-refractivity contribution in [3.05, 3.63) is 65.7 Å². The Bertz CT molecular complexity index is 1010. The molecular formula is C19H14F2N4O2. The largest absolute Gasteiger partial charge is 0.467 e. The van der Waals surface area contributed by atoms with Crippen LogP contribution < -0.4 is 15.0 Å². The third-order valence-corrected chi connectivity index (χ3v) is 4.19. The molecule has 1 aliphatic rings. The predicted molar refractivity (Wildman–Crippen MR) is 94.8 cm³/mol. The van der Waals surface area contributed by atoms with Crippen LogP contribution in [0.1, 0.15) is 5.56 Å². The van der Waals surface area contributed by atoms with Crippen LogP contribution in [0.4, 0.5) is 25.1 Å². The number of aromatic nitrogens is 2. The predicted octanol–water partition coefficient (Wildman–Crippen LogP) is 3.79. The van der Waals surface area contributed by atoms with E-state index in [1.807, 2.05) is 30.3 Å². The van der Waals surface area contributed by atoms with Gasteiger partial charge in [0, 0.05) is 11.1 Å². The summed E-state index contributed by atoms with van der Waals surface area (Å²) in [7, 11) is 1.38. The van der Waals surface area contributed by atoms with E-state index in [4.69, 9.17) is 4.74 Å². The van der Waals surface area contributed by atoms with Gasteiger partial charge >= 0.3 is 12.0 Å².